The van der Waals surface area contributed by atoms with E-state index in [1.54, 1.807) is 45.9 Å². The normalized spacial score (nSPS) is 15.7. The number of benzene rings is 1. The molecule has 0 heterocycles. The van der Waals surface area contributed by atoms with Gasteiger partial charge in [-0.1, -0.05) is 18.9 Å². The number of carbonyl (C=O) groups is 3. The molecule has 1 fully saturated rings. The van der Waals surface area contributed by atoms with Gasteiger partial charge in [0.25, 0.3) is 5.91 Å². The summed E-state index contributed by atoms with van der Waals surface area (Å²) in [6.07, 6.45) is 2.64. The largest absolute Gasteiger partial charge is 0.449 e. The summed E-state index contributed by atoms with van der Waals surface area (Å²) >= 11 is 0. The summed E-state index contributed by atoms with van der Waals surface area (Å²) in [6.45, 7) is 6.83. The minimum Gasteiger partial charge on any atom is -0.449 e. The summed E-state index contributed by atoms with van der Waals surface area (Å²) in [5.74, 6) is -0.921. The van der Waals surface area contributed by atoms with E-state index in [0.29, 0.717) is 5.69 Å². The molecule has 0 bridgehead atoms. The van der Waals surface area contributed by atoms with Gasteiger partial charge in [0.05, 0.1) is 5.56 Å². The molecule has 148 valence electrons. The van der Waals surface area contributed by atoms with Crippen LogP contribution >= 0.6 is 0 Å². The Balaban J connectivity index is 1.91. The van der Waals surface area contributed by atoms with Crippen LogP contribution in [-0.4, -0.2) is 35.7 Å². The number of amides is 2. The van der Waals surface area contributed by atoms with E-state index in [0.717, 1.165) is 25.7 Å². The molecular formula is C20H28N2O5. The molecule has 0 unspecified atom stereocenters. The zero-order valence-corrected chi connectivity index (χ0v) is 16.3. The molecule has 1 saturated carbocycles. The molecule has 1 atom stereocenters. The summed E-state index contributed by atoms with van der Waals surface area (Å²) in [5, 5.41) is 5.47. The van der Waals surface area contributed by atoms with Crippen molar-refractivity contribution >= 4 is 23.7 Å². The van der Waals surface area contributed by atoms with Gasteiger partial charge in [-0.3, -0.25) is 10.1 Å². The van der Waals surface area contributed by atoms with Crippen molar-refractivity contribution in [3.63, 3.8) is 0 Å². The van der Waals surface area contributed by atoms with E-state index in [-0.39, 0.29) is 17.5 Å². The van der Waals surface area contributed by atoms with Crippen LogP contribution in [0.4, 0.5) is 10.5 Å². The Morgan fingerprint density at radius 1 is 1.15 bits per heavy atom. The van der Waals surface area contributed by atoms with Crippen molar-refractivity contribution in [3.8, 4) is 0 Å². The Morgan fingerprint density at radius 2 is 1.81 bits per heavy atom. The predicted octanol–water partition coefficient (Wildman–Crippen LogP) is 3.64. The fraction of sp³-hybridized carbons (Fsp3) is 0.550. The monoisotopic (exact) mass is 376 g/mol. The van der Waals surface area contributed by atoms with Gasteiger partial charge in [-0.05, 0) is 58.7 Å². The van der Waals surface area contributed by atoms with Gasteiger partial charge < -0.3 is 14.8 Å². The topological polar surface area (TPSA) is 93.7 Å². The third-order valence-corrected chi connectivity index (χ3v) is 4.10. The Labute approximate surface area is 159 Å². The maximum absolute atomic E-state index is 12.3. The van der Waals surface area contributed by atoms with Crippen LogP contribution in [0.3, 0.4) is 0 Å². The second kappa shape index (κ2) is 8.88. The van der Waals surface area contributed by atoms with Crippen molar-refractivity contribution in [1.82, 2.24) is 5.32 Å². The van der Waals surface area contributed by atoms with Crippen LogP contribution in [0.25, 0.3) is 0 Å². The van der Waals surface area contributed by atoms with E-state index in [2.05, 4.69) is 10.6 Å². The molecule has 1 aliphatic carbocycles. The van der Waals surface area contributed by atoms with Gasteiger partial charge in [-0.25, -0.2) is 9.59 Å². The molecule has 27 heavy (non-hydrogen) atoms. The lowest BCUT2D eigenvalue weighted by atomic mass is 10.2. The molecule has 7 nitrogen and oxygen atoms in total. The molecule has 0 aromatic heterocycles. The van der Waals surface area contributed by atoms with Crippen molar-refractivity contribution in [2.24, 2.45) is 0 Å². The van der Waals surface area contributed by atoms with Crippen LogP contribution < -0.4 is 10.6 Å². The minimum atomic E-state index is -0.888. The highest BCUT2D eigenvalue weighted by Gasteiger charge is 2.24. The van der Waals surface area contributed by atoms with E-state index >= 15 is 0 Å². The zero-order valence-electron chi connectivity index (χ0n) is 16.3. The van der Waals surface area contributed by atoms with Crippen LogP contribution in [0.2, 0.25) is 0 Å². The highest BCUT2D eigenvalue weighted by Crippen LogP contribution is 2.18. The summed E-state index contributed by atoms with van der Waals surface area (Å²) in [4.78, 5) is 36.3. The number of nitrogens with one attached hydrogen (secondary N) is 2. The van der Waals surface area contributed by atoms with Crippen molar-refractivity contribution in [3.05, 3.63) is 29.8 Å². The first-order valence-electron chi connectivity index (χ1n) is 9.25. The quantitative estimate of drug-likeness (QED) is 0.765. The lowest BCUT2D eigenvalue weighted by Crippen LogP contribution is -2.40. The first-order valence-corrected chi connectivity index (χ1v) is 9.25. The molecule has 0 radical (unpaired) electrons. The second-order valence-corrected chi connectivity index (χ2v) is 7.75. The van der Waals surface area contributed by atoms with E-state index in [1.807, 2.05) is 0 Å². The smallest absolute Gasteiger partial charge is 0.412 e. The van der Waals surface area contributed by atoms with Crippen LogP contribution in [0.5, 0.6) is 0 Å². The summed E-state index contributed by atoms with van der Waals surface area (Å²) < 4.78 is 10.4. The van der Waals surface area contributed by atoms with E-state index in [1.165, 1.54) is 6.07 Å². The number of esters is 1. The van der Waals surface area contributed by atoms with Gasteiger partial charge in [0.2, 0.25) is 0 Å². The second-order valence-electron chi connectivity index (χ2n) is 7.75. The molecule has 0 saturated heterocycles. The average Bonchev–Trinajstić information content (AvgIpc) is 3.06. The van der Waals surface area contributed by atoms with Gasteiger partial charge in [-0.15, -0.1) is 0 Å². The van der Waals surface area contributed by atoms with E-state index in [9.17, 15) is 14.4 Å². The van der Waals surface area contributed by atoms with Crippen LogP contribution in [0, 0.1) is 0 Å². The molecule has 1 aromatic rings. The molecule has 1 aliphatic rings. The minimum absolute atomic E-state index is 0.167. The van der Waals surface area contributed by atoms with Crippen LogP contribution in [0.1, 0.15) is 63.7 Å². The van der Waals surface area contributed by atoms with Gasteiger partial charge in [0, 0.05) is 11.7 Å². The Kier molecular flexibility index (Phi) is 6.82. The van der Waals surface area contributed by atoms with Gasteiger partial charge in [0.15, 0.2) is 6.10 Å². The zero-order chi connectivity index (χ0) is 20.0. The Morgan fingerprint density at radius 3 is 2.44 bits per heavy atom. The number of rotatable bonds is 5. The number of ether oxygens (including phenoxy) is 2. The fourth-order valence-electron chi connectivity index (χ4n) is 2.82. The SMILES string of the molecule is C[C@H](OC(=O)c1cccc(NC(=O)OC(C)(C)C)c1)C(=O)NC1CCCC1. The first-order chi connectivity index (χ1) is 12.6. The lowest BCUT2D eigenvalue weighted by Gasteiger charge is -2.20. The number of carbonyl (C=O) groups excluding carboxylic acids is 3. The first kappa shape index (κ1) is 20.7. The Bertz CT molecular complexity index is 690. The highest BCUT2D eigenvalue weighted by atomic mass is 16.6. The molecule has 1 aromatic carbocycles. The average molecular weight is 376 g/mol. The molecule has 2 amide bonds. The van der Waals surface area contributed by atoms with Crippen molar-refractivity contribution < 1.29 is 23.9 Å². The summed E-state index contributed by atoms with van der Waals surface area (Å²) in [5.41, 5.74) is 0.0220. The number of hydrogen-bond acceptors (Lipinski definition) is 5. The fourth-order valence-corrected chi connectivity index (χ4v) is 2.82. The van der Waals surface area contributed by atoms with Crippen LogP contribution in [0.15, 0.2) is 24.3 Å². The van der Waals surface area contributed by atoms with Crippen molar-refractivity contribution in [2.75, 3.05) is 5.32 Å². The molecule has 2 N–H and O–H groups in total. The molecule has 0 aliphatic heterocycles. The maximum Gasteiger partial charge on any atom is 0.412 e. The standard InChI is InChI=1S/C20H28N2O5/c1-13(17(23)21-15-9-5-6-10-15)26-18(24)14-8-7-11-16(12-14)22-19(25)27-20(2,3)4/h7-8,11-13,15H,5-6,9-10H2,1-4H3,(H,21,23)(H,22,25)/t13-/m0/s1. The van der Waals surface area contributed by atoms with Crippen LogP contribution in [-0.2, 0) is 14.3 Å². The third kappa shape index (κ3) is 6.92. The molecule has 7 heteroatoms. The number of hydrogen-bond donors (Lipinski definition) is 2. The van der Waals surface area contributed by atoms with Gasteiger partial charge >= 0.3 is 12.1 Å². The van der Waals surface area contributed by atoms with Crippen molar-refractivity contribution in [2.45, 2.75) is 71.1 Å². The van der Waals surface area contributed by atoms with Crippen molar-refractivity contribution in [1.29, 1.82) is 0 Å². The Hall–Kier alpha value is -2.57. The molecule has 0 spiro atoms. The maximum atomic E-state index is 12.3. The molecule has 2 rings (SSSR count). The third-order valence-electron chi connectivity index (χ3n) is 4.10. The van der Waals surface area contributed by atoms with E-state index in [4.69, 9.17) is 9.47 Å². The predicted molar refractivity (Wildman–Crippen MR) is 102 cm³/mol. The molecular weight excluding hydrogens is 348 g/mol. The number of anilines is 1. The van der Waals surface area contributed by atoms with Gasteiger partial charge in [-0.2, -0.15) is 0 Å². The van der Waals surface area contributed by atoms with Gasteiger partial charge in [0.1, 0.15) is 5.60 Å². The highest BCUT2D eigenvalue weighted by molar-refractivity contribution is 5.94. The summed E-state index contributed by atoms with van der Waals surface area (Å²) in [6, 6.07) is 6.46. The van der Waals surface area contributed by atoms with E-state index < -0.39 is 23.8 Å². The summed E-state index contributed by atoms with van der Waals surface area (Å²) in [7, 11) is 0. The lowest BCUT2D eigenvalue weighted by molar-refractivity contribution is -0.129.